The molecule has 0 aliphatic rings. The Kier molecular flexibility index (Phi) is 10.9. The summed E-state index contributed by atoms with van der Waals surface area (Å²) >= 11 is -1.68. The molecular weight excluding hydrogens is 359 g/mol. The van der Waals surface area contributed by atoms with Crippen LogP contribution in [0.2, 0.25) is 37.5 Å². The van der Waals surface area contributed by atoms with Crippen molar-refractivity contribution in [3.05, 3.63) is 0 Å². The van der Waals surface area contributed by atoms with E-state index in [1.807, 2.05) is 0 Å². The molecule has 0 aliphatic carbocycles. The van der Waals surface area contributed by atoms with Crippen LogP contribution in [0.5, 0.6) is 0 Å². The van der Waals surface area contributed by atoms with Crippen molar-refractivity contribution >= 4 is 34.0 Å². The van der Waals surface area contributed by atoms with E-state index in [9.17, 15) is 0 Å². The van der Waals surface area contributed by atoms with Gasteiger partial charge in [0, 0.05) is 0 Å². The van der Waals surface area contributed by atoms with Gasteiger partial charge in [0.2, 0.25) is 0 Å². The van der Waals surface area contributed by atoms with Crippen LogP contribution in [0.4, 0.5) is 0 Å². The van der Waals surface area contributed by atoms with Gasteiger partial charge in [-0.25, -0.2) is 0 Å². The molecule has 0 bridgehead atoms. The minimum absolute atomic E-state index is 0.834. The Morgan fingerprint density at radius 1 is 0.778 bits per heavy atom. The van der Waals surface area contributed by atoms with Crippen LogP contribution in [0.25, 0.3) is 0 Å². The van der Waals surface area contributed by atoms with E-state index < -0.39 is 25.1 Å². The molecule has 0 unspecified atom stereocenters. The van der Waals surface area contributed by atoms with Crippen LogP contribution in [-0.4, -0.2) is 30.8 Å². The zero-order chi connectivity index (χ0) is 14.1. The van der Waals surface area contributed by atoms with Gasteiger partial charge in [0.05, 0.1) is 0 Å². The molecule has 0 fully saturated rings. The summed E-state index contributed by atoms with van der Waals surface area (Å²) < 4.78 is 4.64. The van der Waals surface area contributed by atoms with E-state index in [4.69, 9.17) is 0 Å². The standard InChI is InChI=1S/C9H22SSi.3C2H5.Sn/c1-4-11(5-2,6-3)9-7-8-10;3*1-2;/h10H,4-9H2,1-3H3;3*1H2,2H3;/q;;;;+1/p-1. The quantitative estimate of drug-likeness (QED) is 0.280. The van der Waals surface area contributed by atoms with Gasteiger partial charge in [-0.2, -0.15) is 0 Å². The van der Waals surface area contributed by atoms with Crippen molar-refractivity contribution in [3.63, 3.8) is 0 Å². The molecule has 0 atom stereocenters. The fourth-order valence-corrected chi connectivity index (χ4v) is 22.6. The molecule has 0 aliphatic heterocycles. The van der Waals surface area contributed by atoms with Gasteiger partial charge in [-0.05, 0) is 0 Å². The number of rotatable bonds is 11. The molecule has 0 aromatic heterocycles. The van der Waals surface area contributed by atoms with Crippen LogP contribution >= 0.6 is 8.95 Å². The molecule has 0 saturated carbocycles. The van der Waals surface area contributed by atoms with Gasteiger partial charge in [-0.15, -0.1) is 0 Å². The molecular formula is C15H36SSiSn. The van der Waals surface area contributed by atoms with Crippen molar-refractivity contribution in [3.8, 4) is 0 Å². The third-order valence-electron chi connectivity index (χ3n) is 5.44. The van der Waals surface area contributed by atoms with Crippen LogP contribution in [0.15, 0.2) is 0 Å². The third kappa shape index (κ3) is 5.78. The predicted molar refractivity (Wildman–Crippen MR) is 96.3 cm³/mol. The van der Waals surface area contributed by atoms with Gasteiger partial charge in [0.25, 0.3) is 0 Å². The summed E-state index contributed by atoms with van der Waals surface area (Å²) in [4.78, 5) is 0. The van der Waals surface area contributed by atoms with Gasteiger partial charge in [0.1, 0.15) is 0 Å². The van der Waals surface area contributed by atoms with Crippen LogP contribution in [0, 0.1) is 0 Å². The third-order valence-corrected chi connectivity index (χ3v) is 36.3. The fourth-order valence-electron chi connectivity index (χ4n) is 3.07. The molecule has 0 amide bonds. The normalized spacial score (nSPS) is 13.0. The first-order valence-corrected chi connectivity index (χ1v) is 21.6. The molecule has 0 radical (unpaired) electrons. The number of hydrogen-bond acceptors (Lipinski definition) is 1. The Morgan fingerprint density at radius 2 is 1.22 bits per heavy atom. The molecule has 0 saturated heterocycles. The molecule has 0 N–H and O–H groups in total. The molecule has 0 aromatic rings. The maximum atomic E-state index is 2.47. The topological polar surface area (TPSA) is 0 Å². The second-order valence-electron chi connectivity index (χ2n) is 5.76. The summed E-state index contributed by atoms with van der Waals surface area (Å²) in [5, 5.41) is 0. The van der Waals surface area contributed by atoms with Crippen LogP contribution < -0.4 is 0 Å². The first kappa shape index (κ1) is 19.4. The second-order valence-corrected chi connectivity index (χ2v) is 33.2. The molecule has 18 heavy (non-hydrogen) atoms. The Hall–Kier alpha value is 1.37. The van der Waals surface area contributed by atoms with Crippen LogP contribution in [-0.2, 0) is 0 Å². The maximum absolute atomic E-state index is 2.47. The molecule has 0 rings (SSSR count). The predicted octanol–water partition coefficient (Wildman–Crippen LogP) is 6.62. The van der Waals surface area contributed by atoms with Crippen molar-refractivity contribution in [1.29, 1.82) is 0 Å². The SMILES string of the molecule is CC[Si](CC)(CC)CCC[S][Sn]([CH2]C)([CH2]C)[CH2]C. The first-order valence-electron chi connectivity index (χ1n) is 8.21. The zero-order valence-corrected chi connectivity index (χ0v) is 18.4. The summed E-state index contributed by atoms with van der Waals surface area (Å²) in [6.45, 7) is 14.7. The van der Waals surface area contributed by atoms with Crippen molar-refractivity contribution < 1.29 is 0 Å². The summed E-state index contributed by atoms with van der Waals surface area (Å²) in [7, 11) is 1.64. The summed E-state index contributed by atoms with van der Waals surface area (Å²) in [5.74, 6) is 1.49. The van der Waals surface area contributed by atoms with Crippen LogP contribution in [0.3, 0.4) is 0 Å². The van der Waals surface area contributed by atoms with E-state index in [0.717, 1.165) is 0 Å². The van der Waals surface area contributed by atoms with Crippen molar-refractivity contribution in [2.75, 3.05) is 5.75 Å². The Labute approximate surface area is 124 Å². The Morgan fingerprint density at radius 3 is 1.56 bits per heavy atom. The van der Waals surface area contributed by atoms with Crippen molar-refractivity contribution in [2.24, 2.45) is 0 Å². The van der Waals surface area contributed by atoms with Gasteiger partial charge in [-0.3, -0.25) is 0 Å². The van der Waals surface area contributed by atoms with E-state index in [1.54, 1.807) is 19.4 Å². The molecule has 0 aromatic carbocycles. The average molecular weight is 395 g/mol. The minimum atomic E-state index is -1.68. The molecule has 0 spiro atoms. The second kappa shape index (κ2) is 10.1. The van der Waals surface area contributed by atoms with E-state index in [0.29, 0.717) is 0 Å². The molecule has 110 valence electrons. The van der Waals surface area contributed by atoms with Gasteiger partial charge < -0.3 is 0 Å². The van der Waals surface area contributed by atoms with E-state index in [2.05, 4.69) is 50.5 Å². The zero-order valence-electron chi connectivity index (χ0n) is 13.8. The Bertz CT molecular complexity index is 162. The van der Waals surface area contributed by atoms with Crippen LogP contribution in [0.1, 0.15) is 48.0 Å². The van der Waals surface area contributed by atoms with Crippen molar-refractivity contribution in [1.82, 2.24) is 0 Å². The number of hydrogen-bond donors (Lipinski definition) is 0. The molecule has 0 nitrogen and oxygen atoms in total. The summed E-state index contributed by atoms with van der Waals surface area (Å²) in [6.07, 6.45) is 1.52. The van der Waals surface area contributed by atoms with E-state index >= 15 is 0 Å². The summed E-state index contributed by atoms with van der Waals surface area (Å²) in [6, 6.07) is 6.12. The monoisotopic (exact) mass is 396 g/mol. The Balaban J connectivity index is 4.11. The van der Waals surface area contributed by atoms with Gasteiger partial charge in [0.15, 0.2) is 0 Å². The first-order chi connectivity index (χ1) is 8.57. The van der Waals surface area contributed by atoms with Gasteiger partial charge >= 0.3 is 125 Å². The van der Waals surface area contributed by atoms with Gasteiger partial charge in [-0.1, -0.05) is 0 Å². The molecule has 0 heterocycles. The fraction of sp³-hybridized carbons (Fsp3) is 1.00. The average Bonchev–Trinajstić information content (AvgIpc) is 2.45. The van der Waals surface area contributed by atoms with E-state index in [-0.39, 0.29) is 0 Å². The van der Waals surface area contributed by atoms with E-state index in [1.165, 1.54) is 30.3 Å². The van der Waals surface area contributed by atoms with Crippen molar-refractivity contribution in [2.45, 2.75) is 85.4 Å². The summed E-state index contributed by atoms with van der Waals surface area (Å²) in [5.41, 5.74) is 0. The molecule has 3 heteroatoms.